The average Bonchev–Trinajstić information content (AvgIpc) is 2.63. The fourth-order valence-corrected chi connectivity index (χ4v) is 2.36. The third-order valence-corrected chi connectivity index (χ3v) is 3.39. The van der Waals surface area contributed by atoms with Crippen LogP contribution >= 0.6 is 0 Å². The third-order valence-electron chi connectivity index (χ3n) is 3.39. The molecular formula is C19H17N3O2. The van der Waals surface area contributed by atoms with Crippen LogP contribution in [0, 0.1) is 0 Å². The number of nitrogens with zero attached hydrogens (tertiary/aromatic N) is 3. The highest BCUT2D eigenvalue weighted by Crippen LogP contribution is 2.22. The van der Waals surface area contributed by atoms with Crippen LogP contribution in [0.3, 0.4) is 0 Å². The molecule has 0 aliphatic heterocycles. The van der Waals surface area contributed by atoms with Crippen molar-refractivity contribution in [1.29, 1.82) is 0 Å². The van der Waals surface area contributed by atoms with Crippen molar-refractivity contribution in [3.05, 3.63) is 66.5 Å². The summed E-state index contributed by atoms with van der Waals surface area (Å²) in [6.45, 7) is 2.16. The highest BCUT2D eigenvalue weighted by Gasteiger charge is 2.11. The van der Waals surface area contributed by atoms with Crippen LogP contribution in [-0.2, 0) is 16.0 Å². The van der Waals surface area contributed by atoms with Gasteiger partial charge < -0.3 is 4.74 Å². The minimum atomic E-state index is -0.261. The molecule has 0 N–H and O–H groups in total. The number of esters is 1. The number of ether oxygens (including phenoxy) is 1. The molecule has 3 heterocycles. The maximum atomic E-state index is 11.8. The van der Waals surface area contributed by atoms with Gasteiger partial charge in [-0.3, -0.25) is 14.8 Å². The normalized spacial score (nSPS) is 10.4. The van der Waals surface area contributed by atoms with Crippen LogP contribution in [0.2, 0.25) is 0 Å². The second kappa shape index (κ2) is 7.46. The number of hydrogen-bond donors (Lipinski definition) is 0. The predicted octanol–water partition coefficient (Wildman–Crippen LogP) is 3.31. The maximum absolute atomic E-state index is 11.8. The Kier molecular flexibility index (Phi) is 4.91. The standard InChI is InChI=1S/C19H17N3O2/c1-2-24-19(23)13-14-11-17(15-7-3-5-9-20-15)22-18(12-14)16-8-4-6-10-21-16/h3-12H,2,13H2,1H3. The summed E-state index contributed by atoms with van der Waals surface area (Å²) in [5.41, 5.74) is 3.74. The topological polar surface area (TPSA) is 65.0 Å². The molecule has 0 fully saturated rings. The Balaban J connectivity index is 2.04. The zero-order valence-electron chi connectivity index (χ0n) is 13.3. The van der Waals surface area contributed by atoms with Crippen LogP contribution in [0.4, 0.5) is 0 Å². The second-order valence-corrected chi connectivity index (χ2v) is 5.16. The van der Waals surface area contributed by atoms with Gasteiger partial charge in [0.1, 0.15) is 0 Å². The van der Waals surface area contributed by atoms with E-state index in [4.69, 9.17) is 4.74 Å². The van der Waals surface area contributed by atoms with Crippen LogP contribution in [-0.4, -0.2) is 27.5 Å². The smallest absolute Gasteiger partial charge is 0.310 e. The molecule has 0 saturated heterocycles. The predicted molar refractivity (Wildman–Crippen MR) is 91.0 cm³/mol. The lowest BCUT2D eigenvalue weighted by molar-refractivity contribution is -0.142. The van der Waals surface area contributed by atoms with Crippen LogP contribution in [0.5, 0.6) is 0 Å². The molecule has 120 valence electrons. The van der Waals surface area contributed by atoms with Gasteiger partial charge in [0.25, 0.3) is 0 Å². The van der Waals surface area contributed by atoms with Crippen molar-refractivity contribution in [3.63, 3.8) is 0 Å². The van der Waals surface area contributed by atoms with E-state index in [1.54, 1.807) is 19.3 Å². The molecule has 3 rings (SSSR count). The van der Waals surface area contributed by atoms with Crippen LogP contribution in [0.25, 0.3) is 22.8 Å². The van der Waals surface area contributed by atoms with Gasteiger partial charge in [0.2, 0.25) is 0 Å². The zero-order chi connectivity index (χ0) is 16.8. The molecule has 0 saturated carbocycles. The van der Waals surface area contributed by atoms with Gasteiger partial charge in [-0.15, -0.1) is 0 Å². The highest BCUT2D eigenvalue weighted by molar-refractivity contribution is 5.74. The lowest BCUT2D eigenvalue weighted by Gasteiger charge is -2.08. The number of hydrogen-bond acceptors (Lipinski definition) is 5. The minimum Gasteiger partial charge on any atom is -0.466 e. The number of rotatable bonds is 5. The van der Waals surface area contributed by atoms with Crippen LogP contribution in [0.15, 0.2) is 60.9 Å². The molecule has 0 aromatic carbocycles. The molecule has 5 heteroatoms. The number of carbonyl (C=O) groups is 1. The molecule has 0 amide bonds. The van der Waals surface area contributed by atoms with Gasteiger partial charge in [-0.25, -0.2) is 4.98 Å². The minimum absolute atomic E-state index is 0.191. The summed E-state index contributed by atoms with van der Waals surface area (Å²) in [4.78, 5) is 25.2. The zero-order valence-corrected chi connectivity index (χ0v) is 13.3. The van der Waals surface area contributed by atoms with Crippen molar-refractivity contribution < 1.29 is 9.53 Å². The Bertz CT molecular complexity index is 763. The first-order valence-corrected chi connectivity index (χ1v) is 7.75. The Hall–Kier alpha value is -3.08. The summed E-state index contributed by atoms with van der Waals surface area (Å²) in [6.07, 6.45) is 3.63. The summed E-state index contributed by atoms with van der Waals surface area (Å²) < 4.78 is 5.05. The summed E-state index contributed by atoms with van der Waals surface area (Å²) in [5.74, 6) is -0.261. The lowest BCUT2D eigenvalue weighted by atomic mass is 10.1. The van der Waals surface area contributed by atoms with Crippen molar-refractivity contribution >= 4 is 5.97 Å². The van der Waals surface area contributed by atoms with Crippen molar-refractivity contribution in [1.82, 2.24) is 15.0 Å². The molecule has 0 unspecified atom stereocenters. The summed E-state index contributed by atoms with van der Waals surface area (Å²) >= 11 is 0. The molecule has 0 aliphatic rings. The Morgan fingerprint density at radius 2 is 1.50 bits per heavy atom. The van der Waals surface area contributed by atoms with Gasteiger partial charge in [-0.05, 0) is 48.9 Å². The lowest BCUT2D eigenvalue weighted by Crippen LogP contribution is -2.08. The van der Waals surface area contributed by atoms with E-state index in [1.807, 2.05) is 48.5 Å². The number of pyridine rings is 3. The van der Waals surface area contributed by atoms with Crippen molar-refractivity contribution in [3.8, 4) is 22.8 Å². The Morgan fingerprint density at radius 3 is 1.96 bits per heavy atom. The van der Waals surface area contributed by atoms with E-state index in [0.717, 1.165) is 17.0 Å². The van der Waals surface area contributed by atoms with Crippen molar-refractivity contribution in [2.75, 3.05) is 6.61 Å². The molecule has 3 aromatic heterocycles. The van der Waals surface area contributed by atoms with Crippen molar-refractivity contribution in [2.45, 2.75) is 13.3 Å². The third kappa shape index (κ3) is 3.81. The maximum Gasteiger partial charge on any atom is 0.310 e. The van der Waals surface area contributed by atoms with E-state index < -0.39 is 0 Å². The molecule has 0 bridgehead atoms. The first-order chi connectivity index (χ1) is 11.8. The molecule has 0 spiro atoms. The largest absolute Gasteiger partial charge is 0.466 e. The van der Waals surface area contributed by atoms with E-state index in [2.05, 4.69) is 15.0 Å². The molecule has 5 nitrogen and oxygen atoms in total. The molecular weight excluding hydrogens is 302 g/mol. The van der Waals surface area contributed by atoms with Gasteiger partial charge in [-0.2, -0.15) is 0 Å². The Morgan fingerprint density at radius 1 is 0.917 bits per heavy atom. The van der Waals surface area contributed by atoms with Gasteiger partial charge >= 0.3 is 5.97 Å². The quantitative estimate of drug-likeness (QED) is 0.675. The fraction of sp³-hybridized carbons (Fsp3) is 0.158. The molecule has 0 aliphatic carbocycles. The molecule has 3 aromatic rings. The average molecular weight is 319 g/mol. The Labute approximate surface area is 140 Å². The SMILES string of the molecule is CCOC(=O)Cc1cc(-c2ccccn2)nc(-c2ccccn2)c1. The van der Waals surface area contributed by atoms with Crippen LogP contribution < -0.4 is 0 Å². The van der Waals surface area contributed by atoms with E-state index >= 15 is 0 Å². The van der Waals surface area contributed by atoms with Gasteiger partial charge in [0.05, 0.1) is 35.8 Å². The number of carbonyl (C=O) groups excluding carboxylic acids is 1. The van der Waals surface area contributed by atoms with E-state index in [0.29, 0.717) is 18.0 Å². The van der Waals surface area contributed by atoms with Gasteiger partial charge in [0, 0.05) is 12.4 Å². The first-order valence-electron chi connectivity index (χ1n) is 7.75. The monoisotopic (exact) mass is 319 g/mol. The summed E-state index contributed by atoms with van der Waals surface area (Å²) in [6, 6.07) is 15.0. The van der Waals surface area contributed by atoms with Crippen molar-refractivity contribution in [2.24, 2.45) is 0 Å². The molecule has 0 atom stereocenters. The highest BCUT2D eigenvalue weighted by atomic mass is 16.5. The fourth-order valence-electron chi connectivity index (χ4n) is 2.36. The first kappa shape index (κ1) is 15.8. The summed E-state index contributed by atoms with van der Waals surface area (Å²) in [5, 5.41) is 0. The number of aromatic nitrogens is 3. The van der Waals surface area contributed by atoms with Crippen LogP contribution in [0.1, 0.15) is 12.5 Å². The van der Waals surface area contributed by atoms with Gasteiger partial charge in [-0.1, -0.05) is 12.1 Å². The van der Waals surface area contributed by atoms with Gasteiger partial charge in [0.15, 0.2) is 0 Å². The summed E-state index contributed by atoms with van der Waals surface area (Å²) in [7, 11) is 0. The van der Waals surface area contributed by atoms with E-state index in [1.165, 1.54) is 0 Å². The van der Waals surface area contributed by atoms with E-state index in [-0.39, 0.29) is 12.4 Å². The molecule has 24 heavy (non-hydrogen) atoms. The van der Waals surface area contributed by atoms with E-state index in [9.17, 15) is 4.79 Å². The second-order valence-electron chi connectivity index (χ2n) is 5.16. The molecule has 0 radical (unpaired) electrons.